The Labute approximate surface area is 275 Å². The number of hydrogen-bond acceptors (Lipinski definition) is 6. The molecule has 1 fully saturated rings. The second-order valence-corrected chi connectivity index (χ2v) is 12.2. The van der Waals surface area contributed by atoms with E-state index < -0.39 is 47.5 Å². The van der Waals surface area contributed by atoms with Gasteiger partial charge in [0.05, 0.1) is 5.41 Å². The molecule has 16 heteroatoms. The van der Waals surface area contributed by atoms with Gasteiger partial charge in [0.25, 0.3) is 0 Å². The Hall–Kier alpha value is -4.99. The van der Waals surface area contributed by atoms with Gasteiger partial charge in [-0.05, 0) is 73.2 Å². The van der Waals surface area contributed by atoms with E-state index >= 15 is 0 Å². The minimum atomic E-state index is -5.08. The monoisotopic (exact) mass is 691 g/mol. The van der Waals surface area contributed by atoms with E-state index in [-0.39, 0.29) is 25.3 Å². The number of pyridine rings is 1. The standard InChI is InChI=1S/C31H30F3N5O3.C2HF3O2/c1-35-16-20-5-2-3-6-21(20)17-39(28(42)30(10-11-30)31(32,33)34)18-25(40)37-23-9-8-19-14-29(15-22(19)13-23)24-7-4-12-36-26(24)38-27(29)41;3-2(4,5)1(6)7/h2-9,12-13,35H,10-11,14-18H2,1H3,(H,37,40)(H,36,38,41);(H,6,7). The maximum Gasteiger partial charge on any atom is 0.490 e. The number of rotatable bonds is 8. The number of carboxylic acid groups (broad SMARTS) is 1. The zero-order chi connectivity index (χ0) is 35.8. The highest BCUT2D eigenvalue weighted by molar-refractivity contribution is 6.06. The third-order valence-corrected chi connectivity index (χ3v) is 8.88. The van der Waals surface area contributed by atoms with Gasteiger partial charge in [-0.2, -0.15) is 26.3 Å². The van der Waals surface area contributed by atoms with E-state index in [0.717, 1.165) is 27.2 Å². The van der Waals surface area contributed by atoms with Gasteiger partial charge in [0, 0.05) is 30.5 Å². The number of aromatic nitrogens is 1. The van der Waals surface area contributed by atoms with Crippen LogP contribution in [0.25, 0.3) is 0 Å². The zero-order valence-corrected chi connectivity index (χ0v) is 26.0. The summed E-state index contributed by atoms with van der Waals surface area (Å²) in [5.74, 6) is -4.01. The maximum atomic E-state index is 13.9. The maximum absolute atomic E-state index is 13.9. The number of fused-ring (bicyclic) bond motifs is 3. The molecule has 2 aliphatic carbocycles. The van der Waals surface area contributed by atoms with Crippen LogP contribution >= 0.6 is 0 Å². The van der Waals surface area contributed by atoms with E-state index in [1.54, 1.807) is 43.6 Å². The van der Waals surface area contributed by atoms with Crippen LogP contribution in [-0.2, 0) is 50.5 Å². The summed E-state index contributed by atoms with van der Waals surface area (Å²) in [7, 11) is 1.75. The Kier molecular flexibility index (Phi) is 9.47. The minimum Gasteiger partial charge on any atom is -0.475 e. The van der Waals surface area contributed by atoms with Gasteiger partial charge in [-0.15, -0.1) is 0 Å². The number of anilines is 2. The zero-order valence-electron chi connectivity index (χ0n) is 26.0. The predicted molar refractivity (Wildman–Crippen MR) is 163 cm³/mol. The summed E-state index contributed by atoms with van der Waals surface area (Å²) in [6, 6.07) is 16.2. The predicted octanol–water partition coefficient (Wildman–Crippen LogP) is 4.73. The number of nitrogens with one attached hydrogen (secondary N) is 3. The highest BCUT2D eigenvalue weighted by atomic mass is 19.4. The van der Waals surface area contributed by atoms with Crippen LogP contribution in [0.2, 0.25) is 0 Å². The summed E-state index contributed by atoms with van der Waals surface area (Å²) in [5, 5.41) is 15.8. The van der Waals surface area contributed by atoms with E-state index in [9.17, 15) is 40.7 Å². The Morgan fingerprint density at radius 1 is 0.959 bits per heavy atom. The molecule has 2 heterocycles. The lowest BCUT2D eigenvalue weighted by Crippen LogP contribution is -2.46. The van der Waals surface area contributed by atoms with Crippen LogP contribution in [0, 0.1) is 5.41 Å². The van der Waals surface area contributed by atoms with Crippen molar-refractivity contribution >= 4 is 35.2 Å². The first kappa shape index (κ1) is 35.3. The average molecular weight is 692 g/mol. The van der Waals surface area contributed by atoms with Crippen LogP contribution in [0.1, 0.15) is 40.7 Å². The lowest BCUT2D eigenvalue weighted by atomic mass is 9.79. The molecule has 3 amide bonds. The van der Waals surface area contributed by atoms with Gasteiger partial charge >= 0.3 is 18.3 Å². The van der Waals surface area contributed by atoms with Crippen molar-refractivity contribution in [3.05, 3.63) is 88.6 Å². The number of carbonyl (C=O) groups excluding carboxylic acids is 3. The second kappa shape index (κ2) is 13.1. The molecule has 1 aromatic heterocycles. The van der Waals surface area contributed by atoms with Gasteiger partial charge in [-0.25, -0.2) is 9.78 Å². The first-order valence-electron chi connectivity index (χ1n) is 15.1. The molecule has 3 aliphatic rings. The summed E-state index contributed by atoms with van der Waals surface area (Å²) in [6.07, 6.45) is -7.80. The molecule has 0 bridgehead atoms. The fourth-order valence-corrected chi connectivity index (χ4v) is 6.24. The molecule has 0 radical (unpaired) electrons. The number of amides is 3. The molecule has 49 heavy (non-hydrogen) atoms. The lowest BCUT2D eigenvalue weighted by molar-refractivity contribution is -0.199. The van der Waals surface area contributed by atoms with Crippen molar-refractivity contribution in [1.29, 1.82) is 0 Å². The van der Waals surface area contributed by atoms with Crippen LogP contribution in [-0.4, -0.2) is 64.6 Å². The summed E-state index contributed by atoms with van der Waals surface area (Å²) in [5.41, 5.74) is 1.42. The molecule has 1 unspecified atom stereocenters. The van der Waals surface area contributed by atoms with Gasteiger partial charge in [0.1, 0.15) is 17.8 Å². The van der Waals surface area contributed by atoms with Crippen molar-refractivity contribution in [3.63, 3.8) is 0 Å². The van der Waals surface area contributed by atoms with E-state index in [1.807, 2.05) is 24.3 Å². The summed E-state index contributed by atoms with van der Waals surface area (Å²) in [4.78, 5) is 53.7. The molecule has 1 atom stereocenters. The third-order valence-electron chi connectivity index (χ3n) is 8.88. The quantitative estimate of drug-likeness (QED) is 0.251. The van der Waals surface area contributed by atoms with Gasteiger partial charge in [0.2, 0.25) is 17.7 Å². The molecule has 4 N–H and O–H groups in total. The van der Waals surface area contributed by atoms with Crippen molar-refractivity contribution in [2.75, 3.05) is 24.2 Å². The van der Waals surface area contributed by atoms with Crippen LogP contribution in [0.4, 0.5) is 37.8 Å². The summed E-state index contributed by atoms with van der Waals surface area (Å²) in [6.45, 7) is -0.200. The molecule has 1 spiro atoms. The number of halogens is 6. The van der Waals surface area contributed by atoms with Gasteiger partial charge in [-0.1, -0.05) is 36.4 Å². The number of benzene rings is 2. The molecule has 1 saturated carbocycles. The van der Waals surface area contributed by atoms with E-state index in [2.05, 4.69) is 20.9 Å². The number of aliphatic carboxylic acids is 1. The Bertz CT molecular complexity index is 1790. The largest absolute Gasteiger partial charge is 0.490 e. The Morgan fingerprint density at radius 3 is 2.22 bits per heavy atom. The van der Waals surface area contributed by atoms with Crippen molar-refractivity contribution in [1.82, 2.24) is 15.2 Å². The number of hydrogen-bond donors (Lipinski definition) is 4. The van der Waals surface area contributed by atoms with Crippen LogP contribution in [0.15, 0.2) is 60.8 Å². The second-order valence-electron chi connectivity index (χ2n) is 12.2. The smallest absolute Gasteiger partial charge is 0.475 e. The lowest BCUT2D eigenvalue weighted by Gasteiger charge is -2.29. The molecule has 2 aromatic carbocycles. The number of nitrogens with zero attached hydrogens (tertiary/aromatic N) is 2. The van der Waals surface area contributed by atoms with E-state index in [0.29, 0.717) is 36.5 Å². The first-order valence-corrected chi connectivity index (χ1v) is 15.1. The minimum absolute atomic E-state index is 0.121. The number of carbonyl (C=O) groups is 4. The molecule has 1 aliphatic heterocycles. The summed E-state index contributed by atoms with van der Waals surface area (Å²) >= 11 is 0. The Morgan fingerprint density at radius 2 is 1.61 bits per heavy atom. The Balaban J connectivity index is 0.000000606. The topological polar surface area (TPSA) is 141 Å². The molecule has 3 aromatic rings. The third kappa shape index (κ3) is 7.09. The summed E-state index contributed by atoms with van der Waals surface area (Å²) < 4.78 is 73.5. The van der Waals surface area contributed by atoms with Crippen molar-refractivity contribution in [2.24, 2.45) is 5.41 Å². The number of carboxylic acids is 1. The molecular weight excluding hydrogens is 660 g/mol. The van der Waals surface area contributed by atoms with Crippen LogP contribution in [0.5, 0.6) is 0 Å². The molecule has 260 valence electrons. The first-order chi connectivity index (χ1) is 23.0. The highest BCUT2D eigenvalue weighted by Gasteiger charge is 2.69. The number of alkyl halides is 6. The molecule has 0 saturated heterocycles. The van der Waals surface area contributed by atoms with Crippen LogP contribution in [0.3, 0.4) is 0 Å². The van der Waals surface area contributed by atoms with Gasteiger partial charge in [0.15, 0.2) is 0 Å². The average Bonchev–Trinajstić information content (AvgIpc) is 3.71. The molecular formula is C33H31F6N5O5. The van der Waals surface area contributed by atoms with Gasteiger partial charge < -0.3 is 26.0 Å². The van der Waals surface area contributed by atoms with Crippen molar-refractivity contribution < 1.29 is 50.6 Å². The van der Waals surface area contributed by atoms with E-state index in [1.165, 1.54) is 0 Å². The van der Waals surface area contributed by atoms with Crippen molar-refractivity contribution in [2.45, 2.75) is 56.5 Å². The van der Waals surface area contributed by atoms with Crippen LogP contribution < -0.4 is 16.0 Å². The highest BCUT2D eigenvalue weighted by Crippen LogP contribution is 2.58. The molecule has 10 nitrogen and oxygen atoms in total. The molecule has 6 rings (SSSR count). The normalized spacial score (nSPS) is 18.5. The fourth-order valence-electron chi connectivity index (χ4n) is 6.24. The van der Waals surface area contributed by atoms with E-state index in [4.69, 9.17) is 9.90 Å². The van der Waals surface area contributed by atoms with Crippen molar-refractivity contribution in [3.8, 4) is 0 Å². The fraction of sp³-hybridized carbons (Fsp3) is 0.364. The SMILES string of the molecule is CNCc1ccccc1CN(CC(=O)Nc1ccc2c(c1)CC1(C2)C(=O)Nc2ncccc21)C(=O)C1(C(F)(F)F)CC1.O=C(O)C(F)(F)F. The van der Waals surface area contributed by atoms with Gasteiger partial charge in [-0.3, -0.25) is 14.4 Å².